The molecule has 0 aliphatic heterocycles. The summed E-state index contributed by atoms with van der Waals surface area (Å²) in [4.78, 5) is 40.9. The maximum atomic E-state index is 13.3. The Morgan fingerprint density at radius 1 is 1.18 bits per heavy atom. The molecule has 0 atom stereocenters. The molecule has 1 N–H and O–H groups in total. The zero-order chi connectivity index (χ0) is 24.2. The summed E-state index contributed by atoms with van der Waals surface area (Å²) < 4.78 is 1.49. The Kier molecular flexibility index (Phi) is 6.38. The lowest BCUT2D eigenvalue weighted by Crippen LogP contribution is -2.23. The van der Waals surface area contributed by atoms with E-state index in [4.69, 9.17) is 0 Å². The normalized spacial score (nSPS) is 10.6. The number of nitrogens with one attached hydrogen (secondary N) is 1. The van der Waals surface area contributed by atoms with Gasteiger partial charge in [0.1, 0.15) is 6.07 Å². The molecule has 0 saturated heterocycles. The second-order valence-corrected chi connectivity index (χ2v) is 8.22. The molecule has 1 heterocycles. The number of aryl methyl sites for hydroxylation is 1. The van der Waals surface area contributed by atoms with E-state index in [1.807, 2.05) is 37.3 Å². The molecule has 0 fully saturated rings. The van der Waals surface area contributed by atoms with Crippen LogP contribution in [0.3, 0.4) is 0 Å². The smallest absolute Gasteiger partial charge is 0.270 e. The van der Waals surface area contributed by atoms with Crippen LogP contribution in [0.4, 0.5) is 11.4 Å². The first-order valence-corrected chi connectivity index (χ1v) is 11.1. The number of amides is 1. The number of thioether (sulfide) groups is 1. The summed E-state index contributed by atoms with van der Waals surface area (Å²) in [6, 6.07) is 19.9. The molecule has 4 rings (SSSR count). The van der Waals surface area contributed by atoms with Gasteiger partial charge in [0.15, 0.2) is 5.16 Å². The van der Waals surface area contributed by atoms with E-state index in [2.05, 4.69) is 10.3 Å². The van der Waals surface area contributed by atoms with Crippen molar-refractivity contribution in [3.8, 4) is 11.8 Å². The highest BCUT2D eigenvalue weighted by Crippen LogP contribution is 2.25. The van der Waals surface area contributed by atoms with Gasteiger partial charge in [-0.15, -0.1) is 0 Å². The minimum atomic E-state index is -0.613. The van der Waals surface area contributed by atoms with E-state index in [-0.39, 0.29) is 28.3 Å². The van der Waals surface area contributed by atoms with Crippen molar-refractivity contribution in [2.75, 3.05) is 11.1 Å². The number of nitriles is 1. The molecule has 0 unspecified atom stereocenters. The summed E-state index contributed by atoms with van der Waals surface area (Å²) in [6.07, 6.45) is 0. The number of rotatable bonds is 6. The van der Waals surface area contributed by atoms with E-state index < -0.39 is 10.8 Å². The van der Waals surface area contributed by atoms with E-state index in [9.17, 15) is 25.0 Å². The summed E-state index contributed by atoms with van der Waals surface area (Å²) in [5.74, 6) is -0.549. The number of aromatic nitrogens is 2. The number of carbonyl (C=O) groups is 1. The van der Waals surface area contributed by atoms with Crippen molar-refractivity contribution in [1.29, 1.82) is 5.26 Å². The van der Waals surface area contributed by atoms with Gasteiger partial charge in [-0.25, -0.2) is 4.98 Å². The van der Waals surface area contributed by atoms with E-state index >= 15 is 0 Å². The first-order valence-electron chi connectivity index (χ1n) is 10.1. The molecule has 0 saturated carbocycles. The average molecular weight is 471 g/mol. The minimum absolute atomic E-state index is 0.0202. The van der Waals surface area contributed by atoms with Crippen LogP contribution in [0.25, 0.3) is 16.6 Å². The number of fused-ring (bicyclic) bond motifs is 1. The number of benzene rings is 3. The molecule has 0 bridgehead atoms. The molecule has 34 heavy (non-hydrogen) atoms. The molecule has 0 radical (unpaired) electrons. The highest BCUT2D eigenvalue weighted by Gasteiger charge is 2.17. The first kappa shape index (κ1) is 22.7. The van der Waals surface area contributed by atoms with Crippen molar-refractivity contribution in [3.05, 3.63) is 98.3 Å². The highest BCUT2D eigenvalue weighted by molar-refractivity contribution is 7.99. The van der Waals surface area contributed by atoms with Crippen LogP contribution >= 0.6 is 11.8 Å². The molecule has 168 valence electrons. The third kappa shape index (κ3) is 4.51. The Labute approximate surface area is 197 Å². The van der Waals surface area contributed by atoms with Crippen LogP contribution in [0.2, 0.25) is 0 Å². The quantitative estimate of drug-likeness (QED) is 0.193. The number of anilines is 1. The van der Waals surface area contributed by atoms with Gasteiger partial charge in [-0.2, -0.15) is 5.26 Å². The SMILES string of the molecule is Cc1ccccc1-n1c(SCC(=O)Nc2ccc([N+](=O)[O-])cc2C#N)nc2ccccc2c1=O. The van der Waals surface area contributed by atoms with E-state index in [1.165, 1.54) is 16.7 Å². The molecule has 0 spiro atoms. The maximum Gasteiger partial charge on any atom is 0.270 e. The number of nitro benzene ring substituents is 1. The fraction of sp³-hybridized carbons (Fsp3) is 0.0833. The molecule has 0 aliphatic rings. The zero-order valence-corrected chi connectivity index (χ0v) is 18.7. The molecule has 9 nitrogen and oxygen atoms in total. The molecular weight excluding hydrogens is 454 g/mol. The summed E-state index contributed by atoms with van der Waals surface area (Å²) in [5.41, 5.74) is 1.71. The number of hydrogen-bond donors (Lipinski definition) is 1. The summed E-state index contributed by atoms with van der Waals surface area (Å²) in [5, 5.41) is 23.6. The predicted molar refractivity (Wildman–Crippen MR) is 129 cm³/mol. The Bertz CT molecular complexity index is 1540. The van der Waals surface area contributed by atoms with E-state index in [0.29, 0.717) is 21.7 Å². The summed E-state index contributed by atoms with van der Waals surface area (Å²) in [6.45, 7) is 1.89. The lowest BCUT2D eigenvalue weighted by molar-refractivity contribution is -0.384. The maximum absolute atomic E-state index is 13.3. The van der Waals surface area contributed by atoms with Crippen molar-refractivity contribution < 1.29 is 9.72 Å². The summed E-state index contributed by atoms with van der Waals surface area (Å²) >= 11 is 1.08. The van der Waals surface area contributed by atoms with Gasteiger partial charge in [0.05, 0.1) is 38.5 Å². The van der Waals surface area contributed by atoms with E-state index in [1.54, 1.807) is 24.3 Å². The van der Waals surface area contributed by atoms with Crippen molar-refractivity contribution >= 4 is 39.9 Å². The van der Waals surface area contributed by atoms with Gasteiger partial charge < -0.3 is 5.32 Å². The van der Waals surface area contributed by atoms with Gasteiger partial charge in [-0.05, 0) is 36.8 Å². The Hall–Kier alpha value is -4.49. The Balaban J connectivity index is 1.65. The van der Waals surface area contributed by atoms with Gasteiger partial charge in [-0.1, -0.05) is 42.1 Å². The van der Waals surface area contributed by atoms with Crippen LogP contribution in [-0.2, 0) is 4.79 Å². The number of hydrogen-bond acceptors (Lipinski definition) is 7. The van der Waals surface area contributed by atoms with Gasteiger partial charge in [0, 0.05) is 12.1 Å². The molecular formula is C24H17N5O4S. The second kappa shape index (κ2) is 9.56. The van der Waals surface area contributed by atoms with Crippen LogP contribution in [0.15, 0.2) is 76.7 Å². The van der Waals surface area contributed by atoms with Crippen molar-refractivity contribution in [1.82, 2.24) is 9.55 Å². The zero-order valence-electron chi connectivity index (χ0n) is 17.9. The molecule has 3 aromatic carbocycles. The van der Waals surface area contributed by atoms with Gasteiger partial charge in [0.25, 0.3) is 11.2 Å². The van der Waals surface area contributed by atoms with Crippen LogP contribution in [0.5, 0.6) is 0 Å². The second-order valence-electron chi connectivity index (χ2n) is 7.27. The van der Waals surface area contributed by atoms with E-state index in [0.717, 1.165) is 23.4 Å². The number of para-hydroxylation sites is 2. The van der Waals surface area contributed by atoms with Gasteiger partial charge in [0.2, 0.25) is 5.91 Å². The van der Waals surface area contributed by atoms with Gasteiger partial charge >= 0.3 is 0 Å². The third-order valence-corrected chi connectivity index (χ3v) is 5.98. The summed E-state index contributed by atoms with van der Waals surface area (Å²) in [7, 11) is 0. The third-order valence-electron chi connectivity index (χ3n) is 5.04. The van der Waals surface area contributed by atoms with Crippen LogP contribution < -0.4 is 10.9 Å². The topological polar surface area (TPSA) is 131 Å². The Morgan fingerprint density at radius 3 is 2.65 bits per heavy atom. The van der Waals surface area contributed by atoms with Crippen molar-refractivity contribution in [2.45, 2.75) is 12.1 Å². The molecule has 0 aliphatic carbocycles. The molecule has 1 aromatic heterocycles. The predicted octanol–water partition coefficient (Wildman–Crippen LogP) is 4.20. The standard InChI is InChI=1S/C24H17N5O4S/c1-15-6-2-5-9-21(15)28-23(31)18-7-3-4-8-20(18)27-24(28)34-14-22(30)26-19-11-10-17(29(32)33)12-16(19)13-25/h2-12H,14H2,1H3,(H,26,30). The average Bonchev–Trinajstić information content (AvgIpc) is 2.83. The number of carbonyl (C=O) groups excluding carboxylic acids is 1. The molecule has 10 heteroatoms. The molecule has 1 amide bonds. The van der Waals surface area contributed by atoms with Crippen molar-refractivity contribution in [2.24, 2.45) is 0 Å². The monoisotopic (exact) mass is 471 g/mol. The highest BCUT2D eigenvalue weighted by atomic mass is 32.2. The van der Waals surface area contributed by atoms with Gasteiger partial charge in [-0.3, -0.25) is 24.3 Å². The molecule has 4 aromatic rings. The minimum Gasteiger partial charge on any atom is -0.324 e. The largest absolute Gasteiger partial charge is 0.324 e. The Morgan fingerprint density at radius 2 is 1.91 bits per heavy atom. The van der Waals surface area contributed by atoms with Crippen LogP contribution in [0, 0.1) is 28.4 Å². The first-order chi connectivity index (χ1) is 16.4. The lowest BCUT2D eigenvalue weighted by Gasteiger charge is -2.15. The van der Waals surface area contributed by atoms with Crippen LogP contribution in [0.1, 0.15) is 11.1 Å². The number of non-ortho nitro benzene ring substituents is 1. The lowest BCUT2D eigenvalue weighted by atomic mass is 10.1. The van der Waals surface area contributed by atoms with Crippen LogP contribution in [-0.4, -0.2) is 26.1 Å². The number of nitrogens with zero attached hydrogens (tertiary/aromatic N) is 4. The fourth-order valence-corrected chi connectivity index (χ4v) is 4.21. The number of nitro groups is 1. The van der Waals surface area contributed by atoms with Crippen molar-refractivity contribution in [3.63, 3.8) is 0 Å². The fourth-order valence-electron chi connectivity index (χ4n) is 3.40.